The van der Waals surface area contributed by atoms with E-state index in [4.69, 9.17) is 4.74 Å². The Kier molecular flexibility index (Phi) is 5.56. The van der Waals surface area contributed by atoms with E-state index >= 15 is 0 Å². The quantitative estimate of drug-likeness (QED) is 0.767. The van der Waals surface area contributed by atoms with Gasteiger partial charge in [-0.3, -0.25) is 4.79 Å². The van der Waals surface area contributed by atoms with Crippen LogP contribution in [0.25, 0.3) is 0 Å². The molecule has 20 heavy (non-hydrogen) atoms. The van der Waals surface area contributed by atoms with E-state index in [1.807, 2.05) is 17.0 Å². The number of rotatable bonds is 5. The Morgan fingerprint density at radius 3 is 2.60 bits per heavy atom. The van der Waals surface area contributed by atoms with E-state index in [2.05, 4.69) is 31.0 Å². The molecular weight excluding hydrogens is 252 g/mol. The van der Waals surface area contributed by atoms with Crippen molar-refractivity contribution in [2.75, 3.05) is 39.8 Å². The number of ether oxygens (including phenoxy) is 1. The molecular formula is C16H24N2O2. The molecule has 0 aromatic heterocycles. The normalized spacial score (nSPS) is 16.4. The van der Waals surface area contributed by atoms with Crippen molar-refractivity contribution in [1.29, 1.82) is 0 Å². The fourth-order valence-corrected chi connectivity index (χ4v) is 2.33. The molecule has 0 unspecified atom stereocenters. The lowest BCUT2D eigenvalue weighted by Gasteiger charge is -2.32. The zero-order chi connectivity index (χ0) is 14.4. The summed E-state index contributed by atoms with van der Waals surface area (Å²) in [5.74, 6) is 0.211. The molecule has 0 bridgehead atoms. The summed E-state index contributed by atoms with van der Waals surface area (Å²) in [5, 5.41) is 0. The summed E-state index contributed by atoms with van der Waals surface area (Å²) in [7, 11) is 2.09. The van der Waals surface area contributed by atoms with Crippen molar-refractivity contribution in [2.45, 2.75) is 20.0 Å². The summed E-state index contributed by atoms with van der Waals surface area (Å²) in [6.45, 7) is 6.78. The summed E-state index contributed by atoms with van der Waals surface area (Å²) in [6, 6.07) is 8.18. The second-order valence-corrected chi connectivity index (χ2v) is 5.41. The molecule has 0 radical (unpaired) electrons. The van der Waals surface area contributed by atoms with Crippen LogP contribution in [0.1, 0.15) is 17.5 Å². The van der Waals surface area contributed by atoms with Crippen LogP contribution in [0.5, 0.6) is 0 Å². The number of carbonyl (C=O) groups excluding carboxylic acids is 1. The maximum Gasteiger partial charge on any atom is 0.224 e. The highest BCUT2D eigenvalue weighted by atomic mass is 16.5. The van der Waals surface area contributed by atoms with E-state index in [-0.39, 0.29) is 5.91 Å². The first kappa shape index (κ1) is 15.0. The maximum absolute atomic E-state index is 12.0. The van der Waals surface area contributed by atoms with Gasteiger partial charge in [-0.15, -0.1) is 0 Å². The minimum absolute atomic E-state index is 0.211. The minimum atomic E-state index is 0.211. The molecule has 4 nitrogen and oxygen atoms in total. The largest absolute Gasteiger partial charge is 0.376 e. The Bertz CT molecular complexity index is 440. The third-order valence-corrected chi connectivity index (χ3v) is 3.84. The number of benzene rings is 1. The van der Waals surface area contributed by atoms with Crippen LogP contribution in [0, 0.1) is 6.92 Å². The van der Waals surface area contributed by atoms with Crippen molar-refractivity contribution in [3.8, 4) is 0 Å². The summed E-state index contributed by atoms with van der Waals surface area (Å²) in [4.78, 5) is 16.2. The molecule has 1 aliphatic rings. The highest BCUT2D eigenvalue weighted by Gasteiger charge is 2.18. The van der Waals surface area contributed by atoms with E-state index in [0.29, 0.717) is 19.6 Å². The van der Waals surface area contributed by atoms with Gasteiger partial charge in [0.2, 0.25) is 5.91 Å². The SMILES string of the molecule is Cc1ccccc1COCCC(=O)N1CCN(C)CC1. The second kappa shape index (κ2) is 7.41. The Balaban J connectivity index is 1.66. The van der Waals surface area contributed by atoms with Gasteiger partial charge in [-0.1, -0.05) is 24.3 Å². The van der Waals surface area contributed by atoms with Crippen LogP contribution in [-0.2, 0) is 16.1 Å². The highest BCUT2D eigenvalue weighted by molar-refractivity contribution is 5.76. The standard InChI is InChI=1S/C16H24N2O2/c1-14-5-3-4-6-15(14)13-20-12-7-16(19)18-10-8-17(2)9-11-18/h3-6H,7-13H2,1-2H3. The van der Waals surface area contributed by atoms with Gasteiger partial charge in [0.1, 0.15) is 0 Å². The summed E-state index contributed by atoms with van der Waals surface area (Å²) < 4.78 is 5.63. The first-order valence-electron chi connectivity index (χ1n) is 7.25. The lowest BCUT2D eigenvalue weighted by Crippen LogP contribution is -2.47. The molecule has 110 valence electrons. The Labute approximate surface area is 121 Å². The van der Waals surface area contributed by atoms with E-state index in [0.717, 1.165) is 26.2 Å². The molecule has 0 spiro atoms. The second-order valence-electron chi connectivity index (χ2n) is 5.41. The molecule has 1 fully saturated rings. The first-order chi connectivity index (χ1) is 9.66. The molecule has 0 N–H and O–H groups in total. The van der Waals surface area contributed by atoms with Gasteiger partial charge in [-0.25, -0.2) is 0 Å². The zero-order valence-corrected chi connectivity index (χ0v) is 12.5. The summed E-state index contributed by atoms with van der Waals surface area (Å²) >= 11 is 0. The molecule has 0 atom stereocenters. The van der Waals surface area contributed by atoms with Crippen LogP contribution < -0.4 is 0 Å². The van der Waals surface area contributed by atoms with Crippen LogP contribution in [0.15, 0.2) is 24.3 Å². The highest BCUT2D eigenvalue weighted by Crippen LogP contribution is 2.09. The first-order valence-corrected chi connectivity index (χ1v) is 7.25. The number of aryl methyl sites for hydroxylation is 1. The monoisotopic (exact) mass is 276 g/mol. The number of hydrogen-bond donors (Lipinski definition) is 0. The lowest BCUT2D eigenvalue weighted by molar-refractivity contribution is -0.134. The van der Waals surface area contributed by atoms with Crippen molar-refractivity contribution < 1.29 is 9.53 Å². The van der Waals surface area contributed by atoms with Gasteiger partial charge in [0.05, 0.1) is 19.6 Å². The number of likely N-dealkylation sites (N-methyl/N-ethyl adjacent to an activating group) is 1. The molecule has 4 heteroatoms. The average molecular weight is 276 g/mol. The van der Waals surface area contributed by atoms with Gasteiger partial charge in [-0.2, -0.15) is 0 Å². The van der Waals surface area contributed by atoms with Crippen molar-refractivity contribution in [1.82, 2.24) is 9.80 Å². The van der Waals surface area contributed by atoms with E-state index < -0.39 is 0 Å². The fraction of sp³-hybridized carbons (Fsp3) is 0.562. The summed E-state index contributed by atoms with van der Waals surface area (Å²) in [5.41, 5.74) is 2.43. The van der Waals surface area contributed by atoms with Crippen LogP contribution in [0.2, 0.25) is 0 Å². The van der Waals surface area contributed by atoms with Crippen LogP contribution in [0.3, 0.4) is 0 Å². The van der Waals surface area contributed by atoms with Gasteiger partial charge in [0.15, 0.2) is 0 Å². The van der Waals surface area contributed by atoms with Crippen LogP contribution >= 0.6 is 0 Å². The van der Waals surface area contributed by atoms with E-state index in [1.54, 1.807) is 0 Å². The number of piperazine rings is 1. The van der Waals surface area contributed by atoms with Gasteiger partial charge in [-0.05, 0) is 25.1 Å². The predicted octanol–water partition coefficient (Wildman–Crippen LogP) is 1.68. The number of amides is 1. The zero-order valence-electron chi connectivity index (χ0n) is 12.5. The van der Waals surface area contributed by atoms with Gasteiger partial charge >= 0.3 is 0 Å². The van der Waals surface area contributed by atoms with Crippen LogP contribution in [-0.4, -0.2) is 55.5 Å². The topological polar surface area (TPSA) is 32.8 Å². The van der Waals surface area contributed by atoms with Crippen molar-refractivity contribution >= 4 is 5.91 Å². The van der Waals surface area contributed by atoms with Crippen molar-refractivity contribution in [2.24, 2.45) is 0 Å². The smallest absolute Gasteiger partial charge is 0.224 e. The third-order valence-electron chi connectivity index (χ3n) is 3.84. The fourth-order valence-electron chi connectivity index (χ4n) is 2.33. The number of hydrogen-bond acceptors (Lipinski definition) is 3. The molecule has 1 heterocycles. The van der Waals surface area contributed by atoms with Crippen molar-refractivity contribution in [3.63, 3.8) is 0 Å². The lowest BCUT2D eigenvalue weighted by atomic mass is 10.1. The van der Waals surface area contributed by atoms with Gasteiger partial charge in [0, 0.05) is 26.2 Å². The van der Waals surface area contributed by atoms with Gasteiger partial charge in [0.25, 0.3) is 0 Å². The Hall–Kier alpha value is -1.39. The van der Waals surface area contributed by atoms with Crippen LogP contribution in [0.4, 0.5) is 0 Å². The molecule has 2 rings (SSSR count). The predicted molar refractivity (Wildman–Crippen MR) is 79.5 cm³/mol. The average Bonchev–Trinajstić information content (AvgIpc) is 2.46. The van der Waals surface area contributed by atoms with E-state index in [1.165, 1.54) is 11.1 Å². The van der Waals surface area contributed by atoms with E-state index in [9.17, 15) is 4.79 Å². The van der Waals surface area contributed by atoms with Gasteiger partial charge < -0.3 is 14.5 Å². The molecule has 1 saturated heterocycles. The molecule has 0 aliphatic carbocycles. The minimum Gasteiger partial charge on any atom is -0.376 e. The molecule has 1 aromatic rings. The molecule has 1 aliphatic heterocycles. The number of carbonyl (C=O) groups is 1. The maximum atomic E-state index is 12.0. The summed E-state index contributed by atoms with van der Waals surface area (Å²) in [6.07, 6.45) is 0.482. The Morgan fingerprint density at radius 1 is 1.20 bits per heavy atom. The third kappa shape index (κ3) is 4.32. The molecule has 1 amide bonds. The Morgan fingerprint density at radius 2 is 1.90 bits per heavy atom. The van der Waals surface area contributed by atoms with Crippen molar-refractivity contribution in [3.05, 3.63) is 35.4 Å². The molecule has 0 saturated carbocycles. The number of nitrogens with zero attached hydrogens (tertiary/aromatic N) is 2. The molecule has 1 aromatic carbocycles.